The molecule has 1 heterocycles. The van der Waals surface area contributed by atoms with Crippen molar-refractivity contribution in [2.24, 2.45) is 16.8 Å². The van der Waals surface area contributed by atoms with E-state index in [1.807, 2.05) is 0 Å². The van der Waals surface area contributed by atoms with Crippen LogP contribution >= 0.6 is 24.0 Å². The number of morpholine rings is 1. The molecular weight excluding hydrogens is 427 g/mol. The van der Waals surface area contributed by atoms with Gasteiger partial charge in [0.15, 0.2) is 5.96 Å². The van der Waals surface area contributed by atoms with E-state index in [9.17, 15) is 0 Å². The van der Waals surface area contributed by atoms with Crippen LogP contribution in [0.1, 0.15) is 46.0 Å². The summed E-state index contributed by atoms with van der Waals surface area (Å²) >= 11 is 0. The first kappa shape index (κ1) is 23.0. The fourth-order valence-electron chi connectivity index (χ4n) is 3.76. The van der Waals surface area contributed by atoms with E-state index in [1.54, 1.807) is 0 Å². The van der Waals surface area contributed by atoms with E-state index >= 15 is 0 Å². The monoisotopic (exact) mass is 466 g/mol. The first-order valence-electron chi connectivity index (χ1n) is 9.98. The van der Waals surface area contributed by atoms with E-state index in [-0.39, 0.29) is 24.0 Å². The molecule has 0 amide bonds. The van der Waals surface area contributed by atoms with E-state index in [0.29, 0.717) is 0 Å². The molecule has 1 aliphatic heterocycles. The highest BCUT2D eigenvalue weighted by atomic mass is 127. The Hall–Kier alpha value is -0.0800. The Morgan fingerprint density at radius 1 is 1.20 bits per heavy atom. The van der Waals surface area contributed by atoms with Gasteiger partial charge in [-0.1, -0.05) is 19.8 Å². The van der Waals surface area contributed by atoms with Crippen molar-refractivity contribution in [3.63, 3.8) is 0 Å². The molecule has 1 N–H and O–H groups in total. The molecule has 1 aliphatic carbocycles. The van der Waals surface area contributed by atoms with Crippen LogP contribution in [0.15, 0.2) is 4.99 Å². The Morgan fingerprint density at radius 3 is 2.52 bits per heavy atom. The molecule has 0 aromatic heterocycles. The average Bonchev–Trinajstić information content (AvgIpc) is 2.60. The van der Waals surface area contributed by atoms with Crippen LogP contribution < -0.4 is 5.32 Å². The van der Waals surface area contributed by atoms with Crippen LogP contribution in [0.2, 0.25) is 0 Å². The Bertz CT molecular complexity index is 366. The molecule has 0 aromatic carbocycles. The second-order valence-corrected chi connectivity index (χ2v) is 7.55. The van der Waals surface area contributed by atoms with Crippen molar-refractivity contribution in [3.8, 4) is 0 Å². The van der Waals surface area contributed by atoms with Gasteiger partial charge in [0.2, 0.25) is 0 Å². The molecule has 0 unspecified atom stereocenters. The van der Waals surface area contributed by atoms with Gasteiger partial charge in [-0.2, -0.15) is 0 Å². The largest absolute Gasteiger partial charge is 0.379 e. The fraction of sp³-hybridized carbons (Fsp3) is 0.947. The average molecular weight is 466 g/mol. The van der Waals surface area contributed by atoms with Crippen LogP contribution in [0.25, 0.3) is 0 Å². The lowest BCUT2D eigenvalue weighted by atomic mass is 9.83. The molecule has 0 aromatic rings. The quantitative estimate of drug-likeness (QED) is 0.271. The summed E-state index contributed by atoms with van der Waals surface area (Å²) in [6, 6.07) is 0. The third-order valence-electron chi connectivity index (χ3n) is 5.36. The summed E-state index contributed by atoms with van der Waals surface area (Å²) in [6.07, 6.45) is 6.67. The van der Waals surface area contributed by atoms with Gasteiger partial charge in [0.05, 0.1) is 13.2 Å². The highest BCUT2D eigenvalue weighted by molar-refractivity contribution is 14.0. The minimum atomic E-state index is 0. The molecule has 2 aliphatic rings. The van der Waals surface area contributed by atoms with Gasteiger partial charge in [0.25, 0.3) is 0 Å². The van der Waals surface area contributed by atoms with E-state index in [4.69, 9.17) is 9.73 Å². The predicted octanol–water partition coefficient (Wildman–Crippen LogP) is 3.05. The van der Waals surface area contributed by atoms with Crippen molar-refractivity contribution in [1.29, 1.82) is 0 Å². The Kier molecular flexibility index (Phi) is 12.1. The summed E-state index contributed by atoms with van der Waals surface area (Å²) in [6.45, 7) is 12.6. The number of ether oxygens (including phenoxy) is 1. The van der Waals surface area contributed by atoms with Crippen LogP contribution in [0.4, 0.5) is 0 Å². The highest BCUT2D eigenvalue weighted by Gasteiger charge is 2.20. The molecular formula is C19H39IN4O. The zero-order chi connectivity index (χ0) is 17.2. The molecule has 0 atom stereocenters. The van der Waals surface area contributed by atoms with Crippen LogP contribution in [0, 0.1) is 11.8 Å². The Labute approximate surface area is 172 Å². The summed E-state index contributed by atoms with van der Waals surface area (Å²) in [4.78, 5) is 9.68. The third-order valence-corrected chi connectivity index (χ3v) is 5.36. The Morgan fingerprint density at radius 2 is 1.88 bits per heavy atom. The molecule has 2 fully saturated rings. The minimum absolute atomic E-state index is 0. The van der Waals surface area contributed by atoms with Crippen molar-refractivity contribution in [3.05, 3.63) is 0 Å². The number of rotatable bonds is 7. The standard InChI is InChI=1S/C19H38N4O.HI/c1-4-20-19(21-10-5-11-23-12-14-24-15-13-23)22(3)16-18-8-6-17(2)7-9-18;/h17-18H,4-16H2,1-3H3,(H,20,21);1H. The second-order valence-electron chi connectivity index (χ2n) is 7.55. The predicted molar refractivity (Wildman–Crippen MR) is 117 cm³/mol. The van der Waals surface area contributed by atoms with E-state index in [2.05, 4.69) is 36.0 Å². The first-order valence-corrected chi connectivity index (χ1v) is 9.98. The maximum Gasteiger partial charge on any atom is 0.193 e. The molecule has 0 radical (unpaired) electrons. The molecule has 0 spiro atoms. The van der Waals surface area contributed by atoms with Crippen molar-refractivity contribution < 1.29 is 4.74 Å². The van der Waals surface area contributed by atoms with Crippen molar-refractivity contribution in [1.82, 2.24) is 15.1 Å². The van der Waals surface area contributed by atoms with Gasteiger partial charge in [0, 0.05) is 46.3 Å². The highest BCUT2D eigenvalue weighted by Crippen LogP contribution is 2.28. The molecule has 2 rings (SSSR count). The maximum atomic E-state index is 5.40. The number of halogens is 1. The Balaban J connectivity index is 0.00000312. The molecule has 5 nitrogen and oxygen atoms in total. The van der Waals surface area contributed by atoms with Gasteiger partial charge in [0.1, 0.15) is 0 Å². The van der Waals surface area contributed by atoms with Crippen molar-refractivity contribution in [2.45, 2.75) is 46.0 Å². The SMILES string of the molecule is CCNC(=NCCCN1CCOCC1)N(C)CC1CCC(C)CC1.I. The zero-order valence-electron chi connectivity index (χ0n) is 16.5. The number of hydrogen-bond donors (Lipinski definition) is 1. The van der Waals surface area contributed by atoms with Crippen LogP contribution in [0.3, 0.4) is 0 Å². The van der Waals surface area contributed by atoms with Gasteiger partial charge >= 0.3 is 0 Å². The minimum Gasteiger partial charge on any atom is -0.379 e. The van der Waals surface area contributed by atoms with Crippen LogP contribution in [-0.2, 0) is 4.74 Å². The number of aliphatic imine (C=N–C) groups is 1. The summed E-state index contributed by atoms with van der Waals surface area (Å²) < 4.78 is 5.40. The smallest absolute Gasteiger partial charge is 0.193 e. The topological polar surface area (TPSA) is 40.1 Å². The van der Waals surface area contributed by atoms with E-state index in [0.717, 1.165) is 76.7 Å². The number of guanidine groups is 1. The lowest BCUT2D eigenvalue weighted by Crippen LogP contribution is -2.42. The van der Waals surface area contributed by atoms with E-state index in [1.165, 1.54) is 25.7 Å². The lowest BCUT2D eigenvalue weighted by molar-refractivity contribution is 0.0377. The van der Waals surface area contributed by atoms with Crippen molar-refractivity contribution in [2.75, 3.05) is 59.5 Å². The van der Waals surface area contributed by atoms with Crippen LogP contribution in [-0.4, -0.2) is 75.3 Å². The molecule has 25 heavy (non-hydrogen) atoms. The second kappa shape index (κ2) is 13.1. The fourth-order valence-corrected chi connectivity index (χ4v) is 3.76. The van der Waals surface area contributed by atoms with Crippen LogP contribution in [0.5, 0.6) is 0 Å². The van der Waals surface area contributed by atoms with Gasteiger partial charge in [-0.25, -0.2) is 0 Å². The van der Waals surface area contributed by atoms with Gasteiger partial charge in [-0.3, -0.25) is 9.89 Å². The third kappa shape index (κ3) is 8.91. The molecule has 1 saturated carbocycles. The number of nitrogens with one attached hydrogen (secondary N) is 1. The summed E-state index contributed by atoms with van der Waals surface area (Å²) in [5.41, 5.74) is 0. The molecule has 148 valence electrons. The zero-order valence-corrected chi connectivity index (χ0v) is 18.8. The van der Waals surface area contributed by atoms with Gasteiger partial charge < -0.3 is 15.0 Å². The number of nitrogens with zero attached hydrogens (tertiary/aromatic N) is 3. The van der Waals surface area contributed by atoms with Crippen molar-refractivity contribution >= 4 is 29.9 Å². The molecule has 1 saturated heterocycles. The molecule has 6 heteroatoms. The van der Waals surface area contributed by atoms with E-state index < -0.39 is 0 Å². The van der Waals surface area contributed by atoms with Gasteiger partial charge in [-0.05, 0) is 38.0 Å². The lowest BCUT2D eigenvalue weighted by Gasteiger charge is -2.31. The summed E-state index contributed by atoms with van der Waals surface area (Å²) in [5, 5.41) is 3.46. The van der Waals surface area contributed by atoms with Gasteiger partial charge in [-0.15, -0.1) is 24.0 Å². The first-order chi connectivity index (χ1) is 11.7. The molecule has 0 bridgehead atoms. The number of hydrogen-bond acceptors (Lipinski definition) is 3. The normalized spacial score (nSPS) is 25.3. The maximum absolute atomic E-state index is 5.40. The summed E-state index contributed by atoms with van der Waals surface area (Å²) in [7, 11) is 2.20. The summed E-state index contributed by atoms with van der Waals surface area (Å²) in [5.74, 6) is 2.84.